The Morgan fingerprint density at radius 2 is 2.05 bits per heavy atom. The van der Waals surface area contributed by atoms with E-state index in [9.17, 15) is 4.79 Å². The number of fused-ring (bicyclic) bond motifs is 1. The summed E-state index contributed by atoms with van der Waals surface area (Å²) in [6.45, 7) is 3.97. The largest absolute Gasteiger partial charge is 0.378 e. The SMILES string of the molecule is CN(C)C(=O)CCCCC1CCC(=Nc2ncc3cnn(Cc4cccc(N5CCOCC5)c4)c3n2)C=N1. The minimum Gasteiger partial charge on any atom is -0.378 e. The topological polar surface area (TPSA) is 101 Å². The Hall–Kier alpha value is -3.66. The molecule has 2 aliphatic heterocycles. The Labute approximate surface area is 223 Å². The number of aliphatic imine (C=N–C) groups is 2. The molecule has 1 aromatic carbocycles. The summed E-state index contributed by atoms with van der Waals surface area (Å²) in [5.74, 6) is 0.620. The van der Waals surface area contributed by atoms with Crippen molar-refractivity contribution in [2.75, 3.05) is 45.3 Å². The van der Waals surface area contributed by atoms with Crippen molar-refractivity contribution in [3.63, 3.8) is 0 Å². The molecule has 0 N–H and O–H groups in total. The highest BCUT2D eigenvalue weighted by molar-refractivity contribution is 6.31. The number of carbonyl (C=O) groups is 1. The summed E-state index contributed by atoms with van der Waals surface area (Å²) >= 11 is 0. The summed E-state index contributed by atoms with van der Waals surface area (Å²) in [5, 5.41) is 5.46. The van der Waals surface area contributed by atoms with Crippen LogP contribution in [0.15, 0.2) is 46.6 Å². The number of hydrogen-bond donors (Lipinski definition) is 0. The fourth-order valence-electron chi connectivity index (χ4n) is 4.83. The molecule has 3 aromatic rings. The Bertz CT molecular complexity index is 1310. The van der Waals surface area contributed by atoms with Crippen LogP contribution in [0.5, 0.6) is 0 Å². The van der Waals surface area contributed by atoms with E-state index in [1.54, 1.807) is 31.4 Å². The van der Waals surface area contributed by atoms with Crippen molar-refractivity contribution in [3.8, 4) is 0 Å². The molecule has 1 unspecified atom stereocenters. The van der Waals surface area contributed by atoms with Crippen LogP contribution in [-0.2, 0) is 16.1 Å². The molecule has 0 radical (unpaired) electrons. The molecule has 200 valence electrons. The van der Waals surface area contributed by atoms with Crippen LogP contribution < -0.4 is 4.90 Å². The van der Waals surface area contributed by atoms with Crippen LogP contribution in [0.3, 0.4) is 0 Å². The van der Waals surface area contributed by atoms with Gasteiger partial charge in [0.1, 0.15) is 0 Å². The predicted molar refractivity (Wildman–Crippen MR) is 150 cm³/mol. The van der Waals surface area contributed by atoms with Crippen molar-refractivity contribution < 1.29 is 9.53 Å². The quantitative estimate of drug-likeness (QED) is 0.402. The van der Waals surface area contributed by atoms with Crippen LogP contribution in [0.4, 0.5) is 11.6 Å². The maximum atomic E-state index is 11.7. The van der Waals surface area contributed by atoms with Gasteiger partial charge in [-0.2, -0.15) is 10.1 Å². The molecule has 0 aliphatic carbocycles. The third kappa shape index (κ3) is 6.61. The molecule has 1 atom stereocenters. The Morgan fingerprint density at radius 1 is 1.18 bits per heavy atom. The van der Waals surface area contributed by atoms with E-state index in [-0.39, 0.29) is 5.91 Å². The highest BCUT2D eigenvalue weighted by atomic mass is 16.5. The minimum absolute atomic E-state index is 0.186. The first kappa shape index (κ1) is 26.0. The maximum Gasteiger partial charge on any atom is 0.251 e. The zero-order valence-corrected chi connectivity index (χ0v) is 22.3. The van der Waals surface area contributed by atoms with Crippen LogP contribution in [0.25, 0.3) is 11.0 Å². The molecule has 5 rings (SSSR count). The summed E-state index contributed by atoms with van der Waals surface area (Å²) in [4.78, 5) is 34.3. The van der Waals surface area contributed by atoms with E-state index < -0.39 is 0 Å². The first-order valence-corrected chi connectivity index (χ1v) is 13.5. The van der Waals surface area contributed by atoms with Gasteiger partial charge in [-0.15, -0.1) is 0 Å². The normalized spacial score (nSPS) is 18.8. The second-order valence-corrected chi connectivity index (χ2v) is 10.1. The van der Waals surface area contributed by atoms with Crippen molar-refractivity contribution in [2.45, 2.75) is 51.1 Å². The van der Waals surface area contributed by atoms with Gasteiger partial charge in [0.25, 0.3) is 5.95 Å². The fraction of sp³-hybridized carbons (Fsp3) is 0.500. The number of unbranched alkanes of at least 4 members (excludes halogenated alkanes) is 1. The zero-order chi connectivity index (χ0) is 26.3. The van der Waals surface area contributed by atoms with E-state index >= 15 is 0 Å². The zero-order valence-electron chi connectivity index (χ0n) is 22.3. The second-order valence-electron chi connectivity index (χ2n) is 10.1. The van der Waals surface area contributed by atoms with Crippen LogP contribution in [0.1, 0.15) is 44.1 Å². The van der Waals surface area contributed by atoms with E-state index in [0.717, 1.165) is 75.2 Å². The molecule has 0 bridgehead atoms. The van der Waals surface area contributed by atoms with Gasteiger partial charge in [-0.1, -0.05) is 18.6 Å². The molecular formula is C28H36N8O2. The van der Waals surface area contributed by atoms with Gasteiger partial charge in [0.05, 0.1) is 43.1 Å². The third-order valence-corrected chi connectivity index (χ3v) is 7.07. The molecule has 1 saturated heterocycles. The Kier molecular flexibility index (Phi) is 8.37. The Balaban J connectivity index is 1.21. The first-order chi connectivity index (χ1) is 18.5. The number of aromatic nitrogens is 4. The van der Waals surface area contributed by atoms with Crippen LogP contribution in [0, 0.1) is 0 Å². The molecular weight excluding hydrogens is 480 g/mol. The number of ether oxygens (including phenoxy) is 1. The lowest BCUT2D eigenvalue weighted by atomic mass is 10.00. The first-order valence-electron chi connectivity index (χ1n) is 13.5. The maximum absolute atomic E-state index is 11.7. The summed E-state index contributed by atoms with van der Waals surface area (Å²) < 4.78 is 7.40. The molecule has 4 heterocycles. The number of nitrogens with zero attached hydrogens (tertiary/aromatic N) is 8. The summed E-state index contributed by atoms with van der Waals surface area (Å²) in [6, 6.07) is 8.87. The number of anilines is 1. The molecule has 10 heteroatoms. The fourth-order valence-corrected chi connectivity index (χ4v) is 4.83. The lowest BCUT2D eigenvalue weighted by molar-refractivity contribution is -0.128. The number of benzene rings is 1. The highest BCUT2D eigenvalue weighted by Crippen LogP contribution is 2.21. The van der Waals surface area contributed by atoms with Gasteiger partial charge < -0.3 is 14.5 Å². The van der Waals surface area contributed by atoms with E-state index in [1.807, 2.05) is 10.9 Å². The van der Waals surface area contributed by atoms with Gasteiger partial charge in [-0.25, -0.2) is 14.7 Å². The molecule has 2 aliphatic rings. The minimum atomic E-state index is 0.186. The van der Waals surface area contributed by atoms with Gasteiger partial charge in [0.15, 0.2) is 5.65 Å². The summed E-state index contributed by atoms with van der Waals surface area (Å²) in [6.07, 6.45) is 10.8. The molecule has 0 spiro atoms. The van der Waals surface area contributed by atoms with E-state index in [4.69, 9.17) is 14.7 Å². The second kappa shape index (κ2) is 12.3. The van der Waals surface area contributed by atoms with Crippen LogP contribution in [0.2, 0.25) is 0 Å². The van der Waals surface area contributed by atoms with Gasteiger partial charge in [0, 0.05) is 51.7 Å². The van der Waals surface area contributed by atoms with Gasteiger partial charge in [-0.05, 0) is 43.4 Å². The third-order valence-electron chi connectivity index (χ3n) is 7.07. The average molecular weight is 517 g/mol. The molecule has 10 nitrogen and oxygen atoms in total. The molecule has 0 saturated carbocycles. The van der Waals surface area contributed by atoms with Gasteiger partial charge in [-0.3, -0.25) is 9.79 Å². The van der Waals surface area contributed by atoms with Crippen molar-refractivity contribution in [2.24, 2.45) is 9.98 Å². The van der Waals surface area contributed by atoms with Crippen molar-refractivity contribution in [3.05, 3.63) is 42.2 Å². The highest BCUT2D eigenvalue weighted by Gasteiger charge is 2.16. The summed E-state index contributed by atoms with van der Waals surface area (Å²) in [5.41, 5.74) is 4.05. The van der Waals surface area contributed by atoms with Crippen LogP contribution in [-0.4, -0.2) is 88.9 Å². The van der Waals surface area contributed by atoms with Gasteiger partial charge in [0.2, 0.25) is 5.91 Å². The van der Waals surface area contributed by atoms with Gasteiger partial charge >= 0.3 is 0 Å². The number of carbonyl (C=O) groups excluding carboxylic acids is 1. The monoisotopic (exact) mass is 516 g/mol. The number of rotatable bonds is 9. The lowest BCUT2D eigenvalue weighted by Gasteiger charge is -2.29. The molecule has 2 aromatic heterocycles. The lowest BCUT2D eigenvalue weighted by Crippen LogP contribution is -2.36. The standard InChI is InChI=1S/C28H36N8O2/c1-34(2)26(37)9-4-3-7-23-10-11-24(19-29-23)32-28-30-17-22-18-31-36(27(22)33-28)20-21-6-5-8-25(16-21)35-12-14-38-15-13-35/h5-6,8,16-19,23H,3-4,7,9-15,20H2,1-2H3. The van der Waals surface area contributed by atoms with E-state index in [2.05, 4.69) is 44.2 Å². The average Bonchev–Trinajstić information content (AvgIpc) is 3.34. The van der Waals surface area contributed by atoms with Crippen molar-refractivity contribution in [1.82, 2.24) is 24.6 Å². The molecule has 38 heavy (non-hydrogen) atoms. The smallest absolute Gasteiger partial charge is 0.251 e. The van der Waals surface area contributed by atoms with E-state index in [1.165, 1.54) is 11.3 Å². The number of hydrogen-bond acceptors (Lipinski definition) is 8. The molecule has 1 amide bonds. The van der Waals surface area contributed by atoms with Crippen molar-refractivity contribution >= 4 is 40.5 Å². The predicted octanol–water partition coefficient (Wildman–Crippen LogP) is 3.67. The number of morpholine rings is 1. The van der Waals surface area contributed by atoms with E-state index in [0.29, 0.717) is 25.0 Å². The van der Waals surface area contributed by atoms with Crippen LogP contribution >= 0.6 is 0 Å². The summed E-state index contributed by atoms with van der Waals surface area (Å²) in [7, 11) is 3.60. The Morgan fingerprint density at radius 3 is 2.84 bits per heavy atom. The number of amides is 1. The van der Waals surface area contributed by atoms with Crippen molar-refractivity contribution in [1.29, 1.82) is 0 Å². The molecule has 1 fully saturated rings.